The van der Waals surface area contributed by atoms with Crippen molar-refractivity contribution < 1.29 is 14.3 Å². The van der Waals surface area contributed by atoms with Crippen LogP contribution in [0.1, 0.15) is 41.0 Å². The number of rotatable bonds is 5. The van der Waals surface area contributed by atoms with Gasteiger partial charge in [-0.1, -0.05) is 27.7 Å². The molecule has 0 saturated heterocycles. The molecule has 90 valence electrons. The summed E-state index contributed by atoms with van der Waals surface area (Å²) in [4.78, 5) is 21.4. The molecule has 0 saturated carbocycles. The van der Waals surface area contributed by atoms with E-state index in [1.807, 2.05) is 27.7 Å². The second-order valence-electron chi connectivity index (χ2n) is 3.29. The van der Waals surface area contributed by atoms with E-state index in [9.17, 15) is 9.59 Å². The summed E-state index contributed by atoms with van der Waals surface area (Å²) in [6, 6.07) is 0. The predicted molar refractivity (Wildman–Crippen MR) is 60.4 cm³/mol. The topological polar surface area (TPSA) is 55.4 Å². The maximum absolute atomic E-state index is 11.0. The summed E-state index contributed by atoms with van der Waals surface area (Å²) in [5, 5.41) is 2.65. The summed E-state index contributed by atoms with van der Waals surface area (Å²) in [6.45, 7) is 9.94. The molecule has 0 aliphatic heterocycles. The smallest absolute Gasteiger partial charge is 0.302 e. The molecule has 15 heavy (non-hydrogen) atoms. The highest BCUT2D eigenvalue weighted by atomic mass is 16.5. The van der Waals surface area contributed by atoms with E-state index in [2.05, 4.69) is 10.1 Å². The SMILES string of the molecule is CC.CC(=O)OCCNC(=O)CC(C)C. The first-order chi connectivity index (χ1) is 7.02. The van der Waals surface area contributed by atoms with E-state index in [0.29, 0.717) is 18.9 Å². The van der Waals surface area contributed by atoms with Crippen LogP contribution in [-0.4, -0.2) is 25.0 Å². The average Bonchev–Trinajstić information content (AvgIpc) is 2.14. The van der Waals surface area contributed by atoms with Crippen molar-refractivity contribution in [3.63, 3.8) is 0 Å². The molecule has 1 N–H and O–H groups in total. The van der Waals surface area contributed by atoms with E-state index >= 15 is 0 Å². The van der Waals surface area contributed by atoms with Crippen molar-refractivity contribution in [2.24, 2.45) is 5.92 Å². The van der Waals surface area contributed by atoms with Gasteiger partial charge < -0.3 is 10.1 Å². The molecular weight excluding hydrogens is 194 g/mol. The minimum Gasteiger partial charge on any atom is -0.464 e. The Hall–Kier alpha value is -1.06. The van der Waals surface area contributed by atoms with Gasteiger partial charge in [0.2, 0.25) is 5.91 Å². The maximum Gasteiger partial charge on any atom is 0.302 e. The zero-order valence-corrected chi connectivity index (χ0v) is 10.4. The molecule has 4 nitrogen and oxygen atoms in total. The van der Waals surface area contributed by atoms with Gasteiger partial charge in [0.25, 0.3) is 0 Å². The zero-order valence-electron chi connectivity index (χ0n) is 10.4. The van der Waals surface area contributed by atoms with Crippen LogP contribution in [-0.2, 0) is 14.3 Å². The highest BCUT2D eigenvalue weighted by Crippen LogP contribution is 1.97. The van der Waals surface area contributed by atoms with Crippen LogP contribution in [0, 0.1) is 5.92 Å². The minimum absolute atomic E-state index is 0.00199. The van der Waals surface area contributed by atoms with Crippen LogP contribution >= 0.6 is 0 Å². The van der Waals surface area contributed by atoms with E-state index < -0.39 is 0 Å². The standard InChI is InChI=1S/C9H17NO3.C2H6/c1-7(2)6-9(12)10-4-5-13-8(3)11;1-2/h7H,4-6H2,1-3H3,(H,10,12);1-2H3. The molecule has 0 unspecified atom stereocenters. The predicted octanol–water partition coefficient (Wildman–Crippen LogP) is 1.74. The number of hydrogen-bond donors (Lipinski definition) is 1. The van der Waals surface area contributed by atoms with Gasteiger partial charge in [-0.15, -0.1) is 0 Å². The molecule has 0 aromatic carbocycles. The van der Waals surface area contributed by atoms with Gasteiger partial charge in [-0.3, -0.25) is 9.59 Å². The van der Waals surface area contributed by atoms with Gasteiger partial charge in [0.1, 0.15) is 6.61 Å². The van der Waals surface area contributed by atoms with Crippen LogP contribution in [0.2, 0.25) is 0 Å². The summed E-state index contributed by atoms with van der Waals surface area (Å²) in [6.07, 6.45) is 0.514. The summed E-state index contributed by atoms with van der Waals surface area (Å²) >= 11 is 0. The van der Waals surface area contributed by atoms with E-state index in [1.165, 1.54) is 6.92 Å². The van der Waals surface area contributed by atoms with Crippen molar-refractivity contribution in [3.05, 3.63) is 0 Å². The van der Waals surface area contributed by atoms with Crippen LogP contribution in [0.3, 0.4) is 0 Å². The van der Waals surface area contributed by atoms with Crippen LogP contribution in [0.5, 0.6) is 0 Å². The molecule has 0 aromatic heterocycles. The summed E-state index contributed by atoms with van der Waals surface area (Å²) in [7, 11) is 0. The quantitative estimate of drug-likeness (QED) is 0.563. The number of carbonyl (C=O) groups excluding carboxylic acids is 2. The van der Waals surface area contributed by atoms with Crippen LogP contribution in [0.4, 0.5) is 0 Å². The van der Waals surface area contributed by atoms with Gasteiger partial charge in [0.15, 0.2) is 0 Å². The molecule has 0 atom stereocenters. The van der Waals surface area contributed by atoms with Crippen LogP contribution in [0.25, 0.3) is 0 Å². The molecule has 0 aliphatic carbocycles. The molecular formula is C11H23NO3. The van der Waals surface area contributed by atoms with Gasteiger partial charge in [-0.05, 0) is 5.92 Å². The van der Waals surface area contributed by atoms with Gasteiger partial charge >= 0.3 is 5.97 Å². The molecule has 4 heteroatoms. The second kappa shape index (κ2) is 11.0. The van der Waals surface area contributed by atoms with Gasteiger partial charge in [-0.2, -0.15) is 0 Å². The third-order valence-corrected chi connectivity index (χ3v) is 1.32. The third kappa shape index (κ3) is 15.7. The summed E-state index contributed by atoms with van der Waals surface area (Å²) in [5.41, 5.74) is 0. The van der Waals surface area contributed by atoms with E-state index in [-0.39, 0.29) is 18.5 Å². The lowest BCUT2D eigenvalue weighted by Gasteiger charge is -2.06. The molecule has 0 radical (unpaired) electrons. The second-order valence-corrected chi connectivity index (χ2v) is 3.29. The van der Waals surface area contributed by atoms with Crippen molar-refractivity contribution >= 4 is 11.9 Å². The first-order valence-electron chi connectivity index (χ1n) is 5.42. The first-order valence-corrected chi connectivity index (χ1v) is 5.42. The lowest BCUT2D eigenvalue weighted by Crippen LogP contribution is -2.28. The van der Waals surface area contributed by atoms with E-state index in [4.69, 9.17) is 0 Å². The van der Waals surface area contributed by atoms with Crippen LogP contribution in [0.15, 0.2) is 0 Å². The highest BCUT2D eigenvalue weighted by Gasteiger charge is 2.03. The average molecular weight is 217 g/mol. The Balaban J connectivity index is 0. The van der Waals surface area contributed by atoms with E-state index in [0.717, 1.165) is 0 Å². The maximum atomic E-state index is 11.0. The Kier molecular flexibility index (Phi) is 12.0. The monoisotopic (exact) mass is 217 g/mol. The number of nitrogens with one attached hydrogen (secondary N) is 1. The van der Waals surface area contributed by atoms with Crippen LogP contribution < -0.4 is 5.32 Å². The largest absolute Gasteiger partial charge is 0.464 e. The van der Waals surface area contributed by atoms with Gasteiger partial charge in [0, 0.05) is 13.3 Å². The number of ether oxygens (including phenoxy) is 1. The molecule has 0 aliphatic rings. The lowest BCUT2D eigenvalue weighted by atomic mass is 10.1. The highest BCUT2D eigenvalue weighted by molar-refractivity contribution is 5.76. The zero-order chi connectivity index (χ0) is 12.3. The first kappa shape index (κ1) is 16.4. The fraction of sp³-hybridized carbons (Fsp3) is 0.818. The number of amides is 1. The molecule has 0 spiro atoms. The Morgan fingerprint density at radius 1 is 1.27 bits per heavy atom. The van der Waals surface area contributed by atoms with Crippen molar-refractivity contribution in [3.8, 4) is 0 Å². The van der Waals surface area contributed by atoms with Crippen molar-refractivity contribution in [1.29, 1.82) is 0 Å². The van der Waals surface area contributed by atoms with Gasteiger partial charge in [-0.25, -0.2) is 0 Å². The molecule has 0 heterocycles. The Labute approximate surface area is 92.4 Å². The molecule has 0 aromatic rings. The van der Waals surface area contributed by atoms with E-state index in [1.54, 1.807) is 0 Å². The molecule has 1 amide bonds. The minimum atomic E-state index is -0.321. The third-order valence-electron chi connectivity index (χ3n) is 1.32. The van der Waals surface area contributed by atoms with Crippen molar-refractivity contribution in [2.45, 2.75) is 41.0 Å². The Bertz CT molecular complexity index is 179. The summed E-state index contributed by atoms with van der Waals surface area (Å²) < 4.78 is 4.64. The fourth-order valence-electron chi connectivity index (χ4n) is 0.828. The van der Waals surface area contributed by atoms with Gasteiger partial charge in [0.05, 0.1) is 6.54 Å². The number of esters is 1. The lowest BCUT2D eigenvalue weighted by molar-refractivity contribution is -0.141. The molecule has 0 fully saturated rings. The van der Waals surface area contributed by atoms with Crippen molar-refractivity contribution in [2.75, 3.05) is 13.2 Å². The normalized spacial score (nSPS) is 8.93. The van der Waals surface area contributed by atoms with Crippen molar-refractivity contribution in [1.82, 2.24) is 5.32 Å². The number of hydrogen-bond acceptors (Lipinski definition) is 3. The number of carbonyl (C=O) groups is 2. The Morgan fingerprint density at radius 3 is 2.20 bits per heavy atom. The summed E-state index contributed by atoms with van der Waals surface area (Å²) in [5.74, 6) is 0.0361. The molecule has 0 bridgehead atoms. The molecule has 0 rings (SSSR count). The fourth-order valence-corrected chi connectivity index (χ4v) is 0.828. The Morgan fingerprint density at radius 2 is 1.80 bits per heavy atom.